The molecule has 2 atom stereocenters. The third-order valence-corrected chi connectivity index (χ3v) is 6.80. The molecule has 3 rings (SSSR count). The van der Waals surface area contributed by atoms with Crippen molar-refractivity contribution in [3.8, 4) is 11.5 Å². The Bertz CT molecular complexity index is 998. The molecule has 7 nitrogen and oxygen atoms in total. The summed E-state index contributed by atoms with van der Waals surface area (Å²) in [4.78, 5) is 29.7. The van der Waals surface area contributed by atoms with E-state index >= 15 is 0 Å². The minimum atomic E-state index is -0.324. The van der Waals surface area contributed by atoms with Gasteiger partial charge in [-0.25, -0.2) is 9.59 Å². The lowest BCUT2D eigenvalue weighted by molar-refractivity contribution is 0.0433. The fourth-order valence-corrected chi connectivity index (χ4v) is 4.49. The summed E-state index contributed by atoms with van der Waals surface area (Å²) >= 11 is 0. The maximum Gasteiger partial charge on any atom is 0.338 e. The summed E-state index contributed by atoms with van der Waals surface area (Å²) < 4.78 is 17.2. The van der Waals surface area contributed by atoms with Gasteiger partial charge in [-0.05, 0) is 115 Å². The lowest BCUT2D eigenvalue weighted by Crippen LogP contribution is -2.17. The van der Waals surface area contributed by atoms with Gasteiger partial charge in [0.05, 0.1) is 24.3 Å². The summed E-state index contributed by atoms with van der Waals surface area (Å²) in [6, 6.07) is 10.8. The molecule has 2 aromatic rings. The Morgan fingerprint density at radius 3 is 1.58 bits per heavy atom. The molecule has 1 aliphatic rings. The molecule has 0 radical (unpaired) electrons. The fraction of sp³-hybridized carbons (Fsp3) is 0.548. The zero-order chi connectivity index (χ0) is 27.7. The molecule has 1 aliphatic heterocycles. The number of fused-ring (bicyclic) bond motifs is 2. The molecule has 0 bridgehead atoms. The van der Waals surface area contributed by atoms with Crippen molar-refractivity contribution < 1.29 is 23.8 Å². The SMILES string of the molecule is CC(CCCN(C)C)COC(=O)c1ccc2c(c1)Cc1cc(C(=O)OCC(C)CCCN(C)C)ccc1O2. The van der Waals surface area contributed by atoms with Crippen molar-refractivity contribution in [2.24, 2.45) is 11.8 Å². The molecular formula is C31H44N2O5. The van der Waals surface area contributed by atoms with Crippen LogP contribution in [0.5, 0.6) is 11.5 Å². The molecule has 1 heterocycles. The summed E-state index contributed by atoms with van der Waals surface area (Å²) in [6.45, 7) is 7.08. The number of ether oxygens (including phenoxy) is 3. The van der Waals surface area contributed by atoms with Crippen LogP contribution < -0.4 is 4.74 Å². The number of rotatable bonds is 14. The summed E-state index contributed by atoms with van der Waals surface area (Å²) in [5, 5.41) is 0. The Morgan fingerprint density at radius 2 is 1.18 bits per heavy atom. The number of nitrogens with zero attached hydrogens (tertiary/aromatic N) is 2. The van der Waals surface area contributed by atoms with E-state index in [2.05, 4.69) is 51.8 Å². The molecule has 0 fully saturated rings. The zero-order valence-electron chi connectivity index (χ0n) is 23.9. The highest BCUT2D eigenvalue weighted by molar-refractivity contribution is 5.91. The number of benzene rings is 2. The quantitative estimate of drug-likeness (QED) is 0.252. The van der Waals surface area contributed by atoms with Gasteiger partial charge < -0.3 is 24.0 Å². The molecule has 2 unspecified atom stereocenters. The van der Waals surface area contributed by atoms with Gasteiger partial charge in [0.1, 0.15) is 11.5 Å². The zero-order valence-corrected chi connectivity index (χ0v) is 23.9. The number of hydrogen-bond acceptors (Lipinski definition) is 7. The van der Waals surface area contributed by atoms with Gasteiger partial charge in [0.25, 0.3) is 0 Å². The van der Waals surface area contributed by atoms with Crippen LogP contribution >= 0.6 is 0 Å². The molecule has 0 spiro atoms. The van der Waals surface area contributed by atoms with E-state index in [9.17, 15) is 9.59 Å². The molecule has 0 saturated carbocycles. The molecule has 38 heavy (non-hydrogen) atoms. The fourth-order valence-electron chi connectivity index (χ4n) is 4.49. The monoisotopic (exact) mass is 524 g/mol. The Morgan fingerprint density at radius 1 is 0.763 bits per heavy atom. The summed E-state index contributed by atoms with van der Waals surface area (Å²) in [7, 11) is 8.24. The van der Waals surface area contributed by atoms with E-state index in [0.717, 1.165) is 49.9 Å². The second-order valence-corrected chi connectivity index (χ2v) is 11.2. The van der Waals surface area contributed by atoms with Crippen LogP contribution in [0.2, 0.25) is 0 Å². The van der Waals surface area contributed by atoms with Crippen LogP contribution in [0, 0.1) is 11.8 Å². The van der Waals surface area contributed by atoms with E-state index < -0.39 is 0 Å². The third kappa shape index (κ3) is 9.14. The van der Waals surface area contributed by atoms with Gasteiger partial charge in [-0.2, -0.15) is 0 Å². The van der Waals surface area contributed by atoms with Crippen molar-refractivity contribution in [3.05, 3.63) is 58.7 Å². The first-order valence-corrected chi connectivity index (χ1v) is 13.7. The van der Waals surface area contributed by atoms with Crippen LogP contribution in [0.3, 0.4) is 0 Å². The van der Waals surface area contributed by atoms with E-state index in [1.807, 2.05) is 24.3 Å². The van der Waals surface area contributed by atoms with E-state index in [0.29, 0.717) is 54.1 Å². The highest BCUT2D eigenvalue weighted by Crippen LogP contribution is 2.37. The van der Waals surface area contributed by atoms with Crippen LogP contribution in [0.15, 0.2) is 36.4 Å². The first-order valence-electron chi connectivity index (χ1n) is 13.7. The maximum atomic E-state index is 12.7. The van der Waals surface area contributed by atoms with Crippen molar-refractivity contribution in [1.29, 1.82) is 0 Å². The Balaban J connectivity index is 1.55. The van der Waals surface area contributed by atoms with Gasteiger partial charge in [0.2, 0.25) is 0 Å². The molecule has 2 aromatic carbocycles. The number of hydrogen-bond donors (Lipinski definition) is 0. The van der Waals surface area contributed by atoms with Gasteiger partial charge in [0, 0.05) is 17.5 Å². The third-order valence-electron chi connectivity index (χ3n) is 6.80. The minimum Gasteiger partial charge on any atom is -0.462 e. The van der Waals surface area contributed by atoms with E-state index in [1.54, 1.807) is 12.1 Å². The highest BCUT2D eigenvalue weighted by Gasteiger charge is 2.21. The molecule has 0 amide bonds. The largest absolute Gasteiger partial charge is 0.462 e. The van der Waals surface area contributed by atoms with Crippen molar-refractivity contribution >= 4 is 11.9 Å². The standard InChI is InChI=1S/C31H44N2O5/c1-22(9-7-15-32(3)4)20-36-30(34)24-11-13-28-26(17-24)19-27-18-25(12-14-29(27)38-28)31(35)37-21-23(2)10-8-16-33(5)6/h11-14,17-18,22-23H,7-10,15-16,19-21H2,1-6H3. The number of esters is 2. The average Bonchev–Trinajstić information content (AvgIpc) is 2.88. The number of carbonyl (C=O) groups excluding carboxylic acids is 2. The van der Waals surface area contributed by atoms with Gasteiger partial charge in [-0.3, -0.25) is 0 Å². The van der Waals surface area contributed by atoms with Crippen LogP contribution in [0.25, 0.3) is 0 Å². The first-order chi connectivity index (χ1) is 18.1. The molecule has 0 saturated heterocycles. The summed E-state index contributed by atoms with van der Waals surface area (Å²) in [5.74, 6) is 1.41. The van der Waals surface area contributed by atoms with Gasteiger partial charge >= 0.3 is 11.9 Å². The van der Waals surface area contributed by atoms with Crippen LogP contribution in [-0.4, -0.2) is 76.2 Å². The van der Waals surface area contributed by atoms with E-state index in [-0.39, 0.29) is 11.9 Å². The van der Waals surface area contributed by atoms with Crippen molar-refractivity contribution in [3.63, 3.8) is 0 Å². The van der Waals surface area contributed by atoms with Gasteiger partial charge in [0.15, 0.2) is 0 Å². The lowest BCUT2D eigenvalue weighted by Gasteiger charge is -2.21. The molecule has 0 aromatic heterocycles. The van der Waals surface area contributed by atoms with Crippen LogP contribution in [0.4, 0.5) is 0 Å². The predicted molar refractivity (Wildman–Crippen MR) is 150 cm³/mol. The highest BCUT2D eigenvalue weighted by atomic mass is 16.5. The molecule has 0 aliphatic carbocycles. The summed E-state index contributed by atoms with van der Waals surface area (Å²) in [5.41, 5.74) is 2.81. The Labute approximate surface area is 228 Å². The molecule has 208 valence electrons. The van der Waals surface area contributed by atoms with Gasteiger partial charge in [-0.1, -0.05) is 13.8 Å². The minimum absolute atomic E-state index is 0.311. The summed E-state index contributed by atoms with van der Waals surface area (Å²) in [6.07, 6.45) is 4.74. The second-order valence-electron chi connectivity index (χ2n) is 11.2. The lowest BCUT2D eigenvalue weighted by atomic mass is 9.97. The van der Waals surface area contributed by atoms with Crippen molar-refractivity contribution in [2.45, 2.75) is 46.0 Å². The van der Waals surface area contributed by atoms with Crippen LogP contribution in [-0.2, 0) is 15.9 Å². The Kier molecular flexibility index (Phi) is 11.2. The maximum absolute atomic E-state index is 12.7. The smallest absolute Gasteiger partial charge is 0.338 e. The first kappa shape index (κ1) is 29.7. The molecular weight excluding hydrogens is 480 g/mol. The second kappa shape index (κ2) is 14.3. The van der Waals surface area contributed by atoms with E-state index in [4.69, 9.17) is 14.2 Å². The van der Waals surface area contributed by atoms with Gasteiger partial charge in [-0.15, -0.1) is 0 Å². The van der Waals surface area contributed by atoms with E-state index in [1.165, 1.54) is 0 Å². The normalized spacial score (nSPS) is 13.9. The Hall–Kier alpha value is -2.90. The molecule has 0 N–H and O–H groups in total. The van der Waals surface area contributed by atoms with Crippen molar-refractivity contribution in [1.82, 2.24) is 9.80 Å². The average molecular weight is 525 g/mol. The van der Waals surface area contributed by atoms with Crippen molar-refractivity contribution in [2.75, 3.05) is 54.5 Å². The molecule has 7 heteroatoms. The topological polar surface area (TPSA) is 68.3 Å². The van der Waals surface area contributed by atoms with Crippen LogP contribution in [0.1, 0.15) is 71.4 Å². The number of carbonyl (C=O) groups is 2. The predicted octanol–water partition coefficient (Wildman–Crippen LogP) is 5.65.